The Hall–Kier alpha value is -1.85. The molecule has 0 bridgehead atoms. The number of hydrogen-bond acceptors (Lipinski definition) is 4. The van der Waals surface area contributed by atoms with E-state index in [9.17, 15) is 4.79 Å². The van der Waals surface area contributed by atoms with Crippen LogP contribution >= 0.6 is 0 Å². The van der Waals surface area contributed by atoms with Gasteiger partial charge in [-0.15, -0.1) is 0 Å². The van der Waals surface area contributed by atoms with Gasteiger partial charge in [-0.05, 0) is 18.8 Å². The van der Waals surface area contributed by atoms with Crippen molar-refractivity contribution in [2.45, 2.75) is 32.6 Å². The summed E-state index contributed by atoms with van der Waals surface area (Å²) in [6, 6.07) is 1.88. The van der Waals surface area contributed by atoms with E-state index in [1.165, 1.54) is 0 Å². The highest BCUT2D eigenvalue weighted by atomic mass is 16.1. The van der Waals surface area contributed by atoms with Crippen molar-refractivity contribution in [1.29, 1.82) is 0 Å². The van der Waals surface area contributed by atoms with E-state index in [1.54, 1.807) is 4.40 Å². The van der Waals surface area contributed by atoms with Crippen molar-refractivity contribution in [1.82, 2.24) is 19.6 Å². The Morgan fingerprint density at radius 2 is 2.06 bits per heavy atom. The third kappa shape index (κ3) is 1.68. The monoisotopic (exact) mass is 247 g/mol. The Kier molecular flexibility index (Phi) is 2.57. The molecule has 0 atom stereocenters. The lowest BCUT2D eigenvalue weighted by Gasteiger charge is -2.18. The molecule has 2 aromatic heterocycles. The summed E-state index contributed by atoms with van der Waals surface area (Å²) in [6.07, 6.45) is 2.31. The van der Waals surface area contributed by atoms with Gasteiger partial charge >= 0.3 is 5.69 Å². The zero-order valence-corrected chi connectivity index (χ0v) is 10.7. The molecule has 0 amide bonds. The first-order chi connectivity index (χ1) is 8.66. The summed E-state index contributed by atoms with van der Waals surface area (Å²) >= 11 is 0. The van der Waals surface area contributed by atoms with E-state index in [4.69, 9.17) is 0 Å². The summed E-state index contributed by atoms with van der Waals surface area (Å²) < 4.78 is 1.57. The van der Waals surface area contributed by atoms with E-state index < -0.39 is 0 Å². The number of anilines is 1. The topological polar surface area (TPSA) is 66.3 Å². The molecule has 96 valence electrons. The van der Waals surface area contributed by atoms with Crippen LogP contribution in [0.3, 0.4) is 0 Å². The van der Waals surface area contributed by atoms with Crippen LogP contribution in [-0.2, 0) is 0 Å². The Bertz CT molecular complexity index is 621. The number of hydrogen-bond donors (Lipinski definition) is 1. The molecule has 0 aromatic carbocycles. The summed E-state index contributed by atoms with van der Waals surface area (Å²) in [5.74, 6) is 1.05. The van der Waals surface area contributed by atoms with E-state index in [2.05, 4.69) is 33.9 Å². The number of aromatic nitrogens is 4. The molecule has 18 heavy (non-hydrogen) atoms. The fourth-order valence-corrected chi connectivity index (χ4v) is 2.35. The van der Waals surface area contributed by atoms with Crippen LogP contribution in [0.15, 0.2) is 10.9 Å². The average Bonchev–Trinajstić information content (AvgIpc) is 2.98. The number of rotatable bonds is 2. The molecule has 0 spiro atoms. The van der Waals surface area contributed by atoms with Gasteiger partial charge in [0.25, 0.3) is 0 Å². The van der Waals surface area contributed by atoms with Crippen molar-refractivity contribution in [2.24, 2.45) is 0 Å². The molecule has 6 nitrogen and oxygen atoms in total. The van der Waals surface area contributed by atoms with Crippen molar-refractivity contribution in [3.63, 3.8) is 0 Å². The summed E-state index contributed by atoms with van der Waals surface area (Å²) in [6.45, 7) is 6.11. The largest absolute Gasteiger partial charge is 0.350 e. The van der Waals surface area contributed by atoms with Crippen LogP contribution in [0, 0.1) is 0 Å². The van der Waals surface area contributed by atoms with Gasteiger partial charge in [-0.1, -0.05) is 13.8 Å². The van der Waals surface area contributed by atoms with Crippen LogP contribution in [-0.4, -0.2) is 32.7 Å². The number of H-pyrrole nitrogens is 1. The Balaban J connectivity index is 2.24. The van der Waals surface area contributed by atoms with E-state index >= 15 is 0 Å². The highest BCUT2D eigenvalue weighted by Gasteiger charge is 2.20. The van der Waals surface area contributed by atoms with Gasteiger partial charge in [0, 0.05) is 19.2 Å². The molecule has 0 aliphatic carbocycles. The van der Waals surface area contributed by atoms with Gasteiger partial charge in [0.05, 0.1) is 5.69 Å². The lowest BCUT2D eigenvalue weighted by Crippen LogP contribution is -2.26. The first kappa shape index (κ1) is 11.3. The van der Waals surface area contributed by atoms with E-state index in [0.29, 0.717) is 11.6 Å². The van der Waals surface area contributed by atoms with Gasteiger partial charge in [-0.2, -0.15) is 5.10 Å². The molecule has 0 saturated carbocycles. The molecule has 3 rings (SSSR count). The fourth-order valence-electron chi connectivity index (χ4n) is 2.35. The van der Waals surface area contributed by atoms with Crippen molar-refractivity contribution in [3.05, 3.63) is 22.2 Å². The lowest BCUT2D eigenvalue weighted by molar-refractivity contribution is 0.785. The number of nitrogens with one attached hydrogen (secondary N) is 1. The molecule has 2 aromatic rings. The molecule has 1 N–H and O–H groups in total. The second-order valence-corrected chi connectivity index (χ2v) is 5.05. The number of fused-ring (bicyclic) bond motifs is 1. The standard InChI is InChI=1S/C12H17N5O/c1-8(2)9-7-10-14-15-12(18)17(10)11(13-9)16-5-3-4-6-16/h7-8H,3-6H2,1-2H3,(H,15,18). The van der Waals surface area contributed by atoms with Crippen LogP contribution < -0.4 is 10.6 Å². The Morgan fingerprint density at radius 1 is 1.33 bits per heavy atom. The van der Waals surface area contributed by atoms with E-state index in [-0.39, 0.29) is 5.69 Å². The third-order valence-electron chi connectivity index (χ3n) is 3.38. The second kappa shape index (κ2) is 4.12. The van der Waals surface area contributed by atoms with Crippen LogP contribution in [0.5, 0.6) is 0 Å². The molecular formula is C12H17N5O. The maximum atomic E-state index is 11.8. The van der Waals surface area contributed by atoms with Gasteiger partial charge < -0.3 is 4.90 Å². The van der Waals surface area contributed by atoms with Crippen LogP contribution in [0.4, 0.5) is 5.95 Å². The predicted octanol–water partition coefficient (Wildman–Crippen LogP) is 1.14. The Morgan fingerprint density at radius 3 is 2.72 bits per heavy atom. The number of aromatic amines is 1. The summed E-state index contributed by atoms with van der Waals surface area (Å²) in [7, 11) is 0. The lowest BCUT2D eigenvalue weighted by atomic mass is 10.1. The van der Waals surface area contributed by atoms with Crippen LogP contribution in [0.1, 0.15) is 38.3 Å². The zero-order chi connectivity index (χ0) is 12.7. The molecule has 0 radical (unpaired) electrons. The first-order valence-corrected chi connectivity index (χ1v) is 6.40. The van der Waals surface area contributed by atoms with Gasteiger partial charge in [0.15, 0.2) is 5.65 Å². The average molecular weight is 247 g/mol. The smallest absolute Gasteiger partial charge is 0.342 e. The minimum atomic E-state index is -0.213. The summed E-state index contributed by atoms with van der Waals surface area (Å²) in [5.41, 5.74) is 1.42. The van der Waals surface area contributed by atoms with Crippen LogP contribution in [0.2, 0.25) is 0 Å². The summed E-state index contributed by atoms with van der Waals surface area (Å²) in [4.78, 5) is 18.6. The van der Waals surface area contributed by atoms with Crippen molar-refractivity contribution >= 4 is 11.6 Å². The van der Waals surface area contributed by atoms with Crippen molar-refractivity contribution in [3.8, 4) is 0 Å². The first-order valence-electron chi connectivity index (χ1n) is 6.40. The van der Waals surface area contributed by atoms with E-state index in [1.807, 2.05) is 6.07 Å². The van der Waals surface area contributed by atoms with Crippen molar-refractivity contribution < 1.29 is 0 Å². The molecule has 3 heterocycles. The maximum absolute atomic E-state index is 11.8. The van der Waals surface area contributed by atoms with Gasteiger partial charge in [-0.3, -0.25) is 0 Å². The molecule has 1 saturated heterocycles. The normalized spacial score (nSPS) is 16.1. The molecule has 0 unspecified atom stereocenters. The number of nitrogens with zero attached hydrogens (tertiary/aromatic N) is 4. The molecule has 6 heteroatoms. The van der Waals surface area contributed by atoms with Gasteiger partial charge in [0.1, 0.15) is 0 Å². The van der Waals surface area contributed by atoms with Crippen LogP contribution in [0.25, 0.3) is 5.65 Å². The quantitative estimate of drug-likeness (QED) is 0.864. The highest BCUT2D eigenvalue weighted by Crippen LogP contribution is 2.21. The van der Waals surface area contributed by atoms with Gasteiger partial charge in [-0.25, -0.2) is 19.3 Å². The minimum Gasteiger partial charge on any atom is -0.342 e. The maximum Gasteiger partial charge on any atom is 0.350 e. The third-order valence-corrected chi connectivity index (χ3v) is 3.38. The molecule has 1 fully saturated rings. The zero-order valence-electron chi connectivity index (χ0n) is 10.7. The minimum absolute atomic E-state index is 0.213. The molecule has 1 aliphatic heterocycles. The fraction of sp³-hybridized carbons (Fsp3) is 0.583. The Labute approximate surface area is 105 Å². The SMILES string of the molecule is CC(C)c1cc2n[nH]c(=O)n2c(N2CCCC2)n1. The highest BCUT2D eigenvalue weighted by molar-refractivity contribution is 5.48. The molecule has 1 aliphatic rings. The van der Waals surface area contributed by atoms with E-state index in [0.717, 1.165) is 37.6 Å². The summed E-state index contributed by atoms with van der Waals surface area (Å²) in [5, 5.41) is 6.55. The predicted molar refractivity (Wildman–Crippen MR) is 69.1 cm³/mol. The second-order valence-electron chi connectivity index (χ2n) is 5.05. The van der Waals surface area contributed by atoms with Crippen molar-refractivity contribution in [2.75, 3.05) is 18.0 Å². The molecular weight excluding hydrogens is 230 g/mol. The van der Waals surface area contributed by atoms with Gasteiger partial charge in [0.2, 0.25) is 5.95 Å².